The van der Waals surface area contributed by atoms with Crippen molar-refractivity contribution in [2.45, 2.75) is 13.8 Å². The fourth-order valence-corrected chi connectivity index (χ4v) is 1.82. The third kappa shape index (κ3) is 5.28. The van der Waals surface area contributed by atoms with E-state index in [0.717, 1.165) is 5.56 Å². The van der Waals surface area contributed by atoms with Crippen molar-refractivity contribution >= 4 is 11.8 Å². The molecule has 1 rings (SSSR count). The van der Waals surface area contributed by atoms with Gasteiger partial charge < -0.3 is 16.0 Å². The summed E-state index contributed by atoms with van der Waals surface area (Å²) in [6.07, 6.45) is 0. The van der Waals surface area contributed by atoms with E-state index in [4.69, 9.17) is 5.73 Å². The molecule has 0 saturated carbocycles. The monoisotopic (exact) mass is 287 g/mol. The van der Waals surface area contributed by atoms with Gasteiger partial charge in [-0.3, -0.25) is 9.59 Å². The lowest BCUT2D eigenvalue weighted by Crippen LogP contribution is -2.40. The number of nitrogens with two attached hydrogens (primary N) is 1. The number of benzene rings is 1. The Labute approximate surface area is 125 Å². The SMILES string of the molecule is CCNC(=O)CN(CC)C(=O)c1cccc(C#CCN)c1. The number of hydrogen-bond acceptors (Lipinski definition) is 3. The van der Waals surface area contributed by atoms with E-state index >= 15 is 0 Å². The highest BCUT2D eigenvalue weighted by molar-refractivity contribution is 5.96. The van der Waals surface area contributed by atoms with Gasteiger partial charge in [0.25, 0.3) is 5.91 Å². The molecule has 2 amide bonds. The lowest BCUT2D eigenvalue weighted by atomic mass is 10.1. The highest BCUT2D eigenvalue weighted by Gasteiger charge is 2.17. The summed E-state index contributed by atoms with van der Waals surface area (Å²) in [6.45, 7) is 5.03. The third-order valence-electron chi connectivity index (χ3n) is 2.82. The maximum atomic E-state index is 12.4. The zero-order valence-electron chi connectivity index (χ0n) is 12.5. The molecule has 21 heavy (non-hydrogen) atoms. The van der Waals surface area contributed by atoms with Gasteiger partial charge in [0.1, 0.15) is 0 Å². The van der Waals surface area contributed by atoms with E-state index in [9.17, 15) is 9.59 Å². The molecule has 0 heterocycles. The Balaban J connectivity index is 2.87. The summed E-state index contributed by atoms with van der Waals surface area (Å²) >= 11 is 0. The Morgan fingerprint density at radius 1 is 1.33 bits per heavy atom. The molecule has 0 spiro atoms. The first-order valence-electron chi connectivity index (χ1n) is 6.97. The largest absolute Gasteiger partial charge is 0.355 e. The van der Waals surface area contributed by atoms with Gasteiger partial charge in [0, 0.05) is 24.2 Å². The second kappa shape index (κ2) is 8.77. The zero-order chi connectivity index (χ0) is 15.7. The molecule has 0 atom stereocenters. The van der Waals surface area contributed by atoms with Crippen LogP contribution in [0.25, 0.3) is 0 Å². The number of rotatable bonds is 5. The average molecular weight is 287 g/mol. The average Bonchev–Trinajstić information content (AvgIpc) is 2.50. The zero-order valence-corrected chi connectivity index (χ0v) is 12.5. The molecule has 0 saturated heterocycles. The van der Waals surface area contributed by atoms with E-state index < -0.39 is 0 Å². The lowest BCUT2D eigenvalue weighted by molar-refractivity contribution is -0.121. The number of carbonyl (C=O) groups excluding carboxylic acids is 2. The van der Waals surface area contributed by atoms with E-state index in [1.807, 2.05) is 19.9 Å². The van der Waals surface area contributed by atoms with Crippen molar-refractivity contribution in [2.24, 2.45) is 5.73 Å². The summed E-state index contributed by atoms with van der Waals surface area (Å²) in [4.78, 5) is 25.5. The molecule has 0 aliphatic rings. The van der Waals surface area contributed by atoms with Crippen molar-refractivity contribution in [3.63, 3.8) is 0 Å². The molecule has 0 radical (unpaired) electrons. The lowest BCUT2D eigenvalue weighted by Gasteiger charge is -2.20. The number of hydrogen-bond donors (Lipinski definition) is 2. The summed E-state index contributed by atoms with van der Waals surface area (Å²) in [5.74, 6) is 5.30. The predicted molar refractivity (Wildman–Crippen MR) is 82.6 cm³/mol. The topological polar surface area (TPSA) is 75.4 Å². The maximum Gasteiger partial charge on any atom is 0.254 e. The first-order valence-corrected chi connectivity index (χ1v) is 6.97. The van der Waals surface area contributed by atoms with Gasteiger partial charge in [-0.2, -0.15) is 0 Å². The normalized spacial score (nSPS) is 9.48. The first kappa shape index (κ1) is 16.7. The Morgan fingerprint density at radius 2 is 2.10 bits per heavy atom. The van der Waals surface area contributed by atoms with Crippen LogP contribution in [-0.4, -0.2) is 42.9 Å². The van der Waals surface area contributed by atoms with Crippen molar-refractivity contribution in [1.29, 1.82) is 0 Å². The smallest absolute Gasteiger partial charge is 0.254 e. The number of nitrogens with zero attached hydrogens (tertiary/aromatic N) is 1. The minimum absolute atomic E-state index is 0.0574. The van der Waals surface area contributed by atoms with E-state index in [-0.39, 0.29) is 24.9 Å². The molecule has 0 aliphatic heterocycles. The van der Waals surface area contributed by atoms with Crippen LogP contribution in [0.5, 0.6) is 0 Å². The van der Waals surface area contributed by atoms with Gasteiger partial charge in [0.05, 0.1) is 13.1 Å². The van der Waals surface area contributed by atoms with E-state index in [1.54, 1.807) is 18.2 Å². The summed E-state index contributed by atoms with van der Waals surface area (Å²) in [5, 5.41) is 2.69. The van der Waals surface area contributed by atoms with Crippen LogP contribution in [-0.2, 0) is 4.79 Å². The van der Waals surface area contributed by atoms with Crippen molar-refractivity contribution in [2.75, 3.05) is 26.2 Å². The fraction of sp³-hybridized carbons (Fsp3) is 0.375. The molecule has 0 fully saturated rings. The van der Waals surface area contributed by atoms with Crippen LogP contribution in [0.4, 0.5) is 0 Å². The molecule has 0 unspecified atom stereocenters. The highest BCUT2D eigenvalue weighted by Crippen LogP contribution is 2.08. The molecular weight excluding hydrogens is 266 g/mol. The Bertz CT molecular complexity index is 558. The second-order valence-corrected chi connectivity index (χ2v) is 4.36. The van der Waals surface area contributed by atoms with Gasteiger partial charge in [-0.1, -0.05) is 17.9 Å². The Hall–Kier alpha value is -2.32. The van der Waals surface area contributed by atoms with Gasteiger partial charge in [-0.05, 0) is 32.0 Å². The minimum atomic E-state index is -0.180. The van der Waals surface area contributed by atoms with E-state index in [2.05, 4.69) is 17.2 Å². The number of carbonyl (C=O) groups is 2. The summed E-state index contributed by atoms with van der Waals surface area (Å²) in [5.41, 5.74) is 6.59. The maximum absolute atomic E-state index is 12.4. The standard InChI is InChI=1S/C16H21N3O2/c1-3-18-15(20)12-19(4-2)16(21)14-9-5-7-13(11-14)8-6-10-17/h5,7,9,11H,3-4,10,12,17H2,1-2H3,(H,18,20). The highest BCUT2D eigenvalue weighted by atomic mass is 16.2. The van der Waals surface area contributed by atoms with Crippen LogP contribution < -0.4 is 11.1 Å². The van der Waals surface area contributed by atoms with Crippen LogP contribution >= 0.6 is 0 Å². The number of amides is 2. The molecule has 112 valence electrons. The summed E-state index contributed by atoms with van der Waals surface area (Å²) in [7, 11) is 0. The molecule has 0 aliphatic carbocycles. The number of likely N-dealkylation sites (N-methyl/N-ethyl adjacent to an activating group) is 2. The molecule has 5 nitrogen and oxygen atoms in total. The van der Waals surface area contributed by atoms with Crippen molar-refractivity contribution in [1.82, 2.24) is 10.2 Å². The third-order valence-corrected chi connectivity index (χ3v) is 2.82. The van der Waals surface area contributed by atoms with Gasteiger partial charge >= 0.3 is 0 Å². The van der Waals surface area contributed by atoms with Crippen molar-refractivity contribution in [3.8, 4) is 11.8 Å². The van der Waals surface area contributed by atoms with Gasteiger partial charge in [0.15, 0.2) is 0 Å². The molecular formula is C16H21N3O2. The quantitative estimate of drug-likeness (QED) is 0.779. The van der Waals surface area contributed by atoms with Gasteiger partial charge in [-0.25, -0.2) is 0 Å². The van der Waals surface area contributed by atoms with Crippen LogP contribution in [0.2, 0.25) is 0 Å². The summed E-state index contributed by atoms with van der Waals surface area (Å²) < 4.78 is 0. The minimum Gasteiger partial charge on any atom is -0.355 e. The van der Waals surface area contributed by atoms with E-state index in [1.165, 1.54) is 4.90 Å². The van der Waals surface area contributed by atoms with Crippen LogP contribution in [0.15, 0.2) is 24.3 Å². The molecule has 0 bridgehead atoms. The van der Waals surface area contributed by atoms with Gasteiger partial charge in [0.2, 0.25) is 5.91 Å². The van der Waals surface area contributed by atoms with Crippen molar-refractivity contribution in [3.05, 3.63) is 35.4 Å². The Morgan fingerprint density at radius 3 is 2.71 bits per heavy atom. The van der Waals surface area contributed by atoms with Crippen LogP contribution in [0, 0.1) is 11.8 Å². The summed E-state index contributed by atoms with van der Waals surface area (Å²) in [6, 6.07) is 7.02. The van der Waals surface area contributed by atoms with Crippen LogP contribution in [0.1, 0.15) is 29.8 Å². The van der Waals surface area contributed by atoms with E-state index in [0.29, 0.717) is 18.7 Å². The molecule has 0 aromatic heterocycles. The molecule has 5 heteroatoms. The van der Waals surface area contributed by atoms with Crippen molar-refractivity contribution < 1.29 is 9.59 Å². The predicted octanol–water partition coefficient (Wildman–Crippen LogP) is 0.595. The molecule has 1 aromatic rings. The fourth-order valence-electron chi connectivity index (χ4n) is 1.82. The van der Waals surface area contributed by atoms with Gasteiger partial charge in [-0.15, -0.1) is 0 Å². The van der Waals surface area contributed by atoms with Crippen LogP contribution in [0.3, 0.4) is 0 Å². The second-order valence-electron chi connectivity index (χ2n) is 4.36. The first-order chi connectivity index (χ1) is 10.1. The number of nitrogens with one attached hydrogen (secondary N) is 1. The molecule has 1 aromatic carbocycles. The molecule has 3 N–H and O–H groups in total. The Kier molecular flexibility index (Phi) is 6.99.